The maximum atomic E-state index is 12.0. The lowest BCUT2D eigenvalue weighted by atomic mass is 10.2. The zero-order valence-corrected chi connectivity index (χ0v) is 14.2. The fourth-order valence-electron chi connectivity index (χ4n) is 2.39. The SMILES string of the molecule is CCCN1C(=O)NC(CC(=O)NCCCc2nc(C)cs2)C1=O. The number of urea groups is 1. The average molecular weight is 338 g/mol. The second-order valence-electron chi connectivity index (χ2n) is 5.53. The first-order chi connectivity index (χ1) is 11.0. The van der Waals surface area contributed by atoms with Crippen LogP contribution in [0.4, 0.5) is 4.79 Å². The molecule has 1 aromatic heterocycles. The maximum Gasteiger partial charge on any atom is 0.324 e. The minimum absolute atomic E-state index is 0.0128. The number of nitrogens with zero attached hydrogens (tertiary/aromatic N) is 2. The predicted octanol–water partition coefficient (Wildman–Crippen LogP) is 1.22. The van der Waals surface area contributed by atoms with Gasteiger partial charge in [-0.1, -0.05) is 6.92 Å². The molecule has 0 aromatic carbocycles. The van der Waals surface area contributed by atoms with Crippen molar-refractivity contribution in [2.24, 2.45) is 0 Å². The lowest BCUT2D eigenvalue weighted by Crippen LogP contribution is -2.37. The molecule has 4 amide bonds. The first-order valence-electron chi connectivity index (χ1n) is 7.80. The molecule has 7 nitrogen and oxygen atoms in total. The summed E-state index contributed by atoms with van der Waals surface area (Å²) in [6.45, 7) is 4.77. The van der Waals surface area contributed by atoms with Crippen molar-refractivity contribution in [2.45, 2.75) is 45.6 Å². The fourth-order valence-corrected chi connectivity index (χ4v) is 3.21. The fraction of sp³-hybridized carbons (Fsp3) is 0.600. The second kappa shape index (κ2) is 8.05. The van der Waals surface area contributed by atoms with E-state index in [1.165, 1.54) is 4.90 Å². The largest absolute Gasteiger partial charge is 0.356 e. The lowest BCUT2D eigenvalue weighted by Gasteiger charge is -2.11. The summed E-state index contributed by atoms with van der Waals surface area (Å²) >= 11 is 1.62. The van der Waals surface area contributed by atoms with Crippen LogP contribution in [0.25, 0.3) is 0 Å². The van der Waals surface area contributed by atoms with Gasteiger partial charge >= 0.3 is 6.03 Å². The summed E-state index contributed by atoms with van der Waals surface area (Å²) in [5.74, 6) is -0.539. The maximum absolute atomic E-state index is 12.0. The molecule has 1 fully saturated rings. The molecule has 0 saturated carbocycles. The van der Waals surface area contributed by atoms with Gasteiger partial charge < -0.3 is 10.6 Å². The molecule has 8 heteroatoms. The van der Waals surface area contributed by atoms with Crippen LogP contribution in [0.15, 0.2) is 5.38 Å². The van der Waals surface area contributed by atoms with Crippen molar-refractivity contribution >= 4 is 29.2 Å². The Bertz CT molecular complexity index is 587. The molecule has 1 aliphatic heterocycles. The van der Waals surface area contributed by atoms with Gasteiger partial charge in [0, 0.05) is 30.6 Å². The van der Waals surface area contributed by atoms with Gasteiger partial charge in [-0.2, -0.15) is 0 Å². The van der Waals surface area contributed by atoms with E-state index in [1.807, 2.05) is 19.2 Å². The Morgan fingerprint density at radius 2 is 2.26 bits per heavy atom. The molecule has 1 aliphatic rings. The highest BCUT2D eigenvalue weighted by atomic mass is 32.1. The molecule has 1 atom stereocenters. The van der Waals surface area contributed by atoms with Crippen LogP contribution in [0.2, 0.25) is 0 Å². The third-order valence-corrected chi connectivity index (χ3v) is 4.53. The number of rotatable bonds is 8. The van der Waals surface area contributed by atoms with Crippen LogP contribution in [-0.4, -0.2) is 46.9 Å². The first-order valence-corrected chi connectivity index (χ1v) is 8.68. The van der Waals surface area contributed by atoms with Crippen LogP contribution in [0.1, 0.15) is 36.9 Å². The van der Waals surface area contributed by atoms with Crippen molar-refractivity contribution in [3.05, 3.63) is 16.1 Å². The predicted molar refractivity (Wildman–Crippen MR) is 87.1 cm³/mol. The standard InChI is InChI=1S/C15H22N4O3S/c1-3-7-19-14(21)11(18-15(19)22)8-12(20)16-6-4-5-13-17-10(2)9-23-13/h9,11H,3-8H2,1-2H3,(H,16,20)(H,18,22). The van der Waals surface area contributed by atoms with Crippen LogP contribution < -0.4 is 10.6 Å². The third kappa shape index (κ3) is 4.75. The Labute approximate surface area is 139 Å². The van der Waals surface area contributed by atoms with Gasteiger partial charge in [0.1, 0.15) is 6.04 Å². The van der Waals surface area contributed by atoms with Crippen molar-refractivity contribution < 1.29 is 14.4 Å². The lowest BCUT2D eigenvalue weighted by molar-refractivity contribution is -0.130. The highest BCUT2D eigenvalue weighted by molar-refractivity contribution is 7.09. The van der Waals surface area contributed by atoms with E-state index in [9.17, 15) is 14.4 Å². The van der Waals surface area contributed by atoms with E-state index in [-0.39, 0.29) is 18.2 Å². The Morgan fingerprint density at radius 1 is 1.48 bits per heavy atom. The van der Waals surface area contributed by atoms with Gasteiger partial charge in [0.25, 0.3) is 5.91 Å². The smallest absolute Gasteiger partial charge is 0.324 e. The molecular weight excluding hydrogens is 316 g/mol. The number of aromatic nitrogens is 1. The number of imide groups is 1. The van der Waals surface area contributed by atoms with Gasteiger partial charge in [-0.05, 0) is 19.8 Å². The summed E-state index contributed by atoms with van der Waals surface area (Å²) in [4.78, 5) is 41.1. The summed E-state index contributed by atoms with van der Waals surface area (Å²) in [7, 11) is 0. The van der Waals surface area contributed by atoms with Gasteiger partial charge in [-0.3, -0.25) is 14.5 Å². The summed E-state index contributed by atoms with van der Waals surface area (Å²) in [6.07, 6.45) is 2.31. The van der Waals surface area contributed by atoms with Gasteiger partial charge in [-0.15, -0.1) is 11.3 Å². The number of carbonyl (C=O) groups excluding carboxylic acids is 3. The van der Waals surface area contributed by atoms with Crippen LogP contribution in [-0.2, 0) is 16.0 Å². The Balaban J connectivity index is 1.68. The van der Waals surface area contributed by atoms with E-state index < -0.39 is 12.1 Å². The summed E-state index contributed by atoms with van der Waals surface area (Å²) in [5.41, 5.74) is 1.01. The third-order valence-electron chi connectivity index (χ3n) is 3.50. The zero-order valence-electron chi connectivity index (χ0n) is 13.4. The molecule has 2 rings (SSSR count). The van der Waals surface area contributed by atoms with Crippen LogP contribution in [0.3, 0.4) is 0 Å². The molecule has 0 spiro atoms. The van der Waals surface area contributed by atoms with Crippen molar-refractivity contribution in [2.75, 3.05) is 13.1 Å². The molecule has 2 N–H and O–H groups in total. The summed E-state index contributed by atoms with van der Waals surface area (Å²) in [6, 6.07) is -1.15. The normalized spacial score (nSPS) is 17.5. The van der Waals surface area contributed by atoms with Crippen LogP contribution in [0, 0.1) is 6.92 Å². The van der Waals surface area contributed by atoms with Gasteiger partial charge in [0.2, 0.25) is 5.91 Å². The number of hydrogen-bond acceptors (Lipinski definition) is 5. The number of carbonyl (C=O) groups is 3. The number of aryl methyl sites for hydroxylation is 2. The summed E-state index contributed by atoms with van der Waals surface area (Å²) < 4.78 is 0. The van der Waals surface area contributed by atoms with E-state index in [0.29, 0.717) is 19.5 Å². The molecule has 0 radical (unpaired) electrons. The molecule has 23 heavy (non-hydrogen) atoms. The van der Waals surface area contributed by atoms with Gasteiger partial charge in [0.15, 0.2) is 0 Å². The molecule has 1 unspecified atom stereocenters. The quantitative estimate of drug-likeness (QED) is 0.551. The molecule has 2 heterocycles. The molecule has 1 saturated heterocycles. The van der Waals surface area contributed by atoms with E-state index in [4.69, 9.17) is 0 Å². The number of nitrogens with one attached hydrogen (secondary N) is 2. The molecule has 0 aliphatic carbocycles. The van der Waals surface area contributed by atoms with Crippen LogP contribution in [0.5, 0.6) is 0 Å². The van der Waals surface area contributed by atoms with Crippen LogP contribution >= 0.6 is 11.3 Å². The monoisotopic (exact) mass is 338 g/mol. The molecular formula is C15H22N4O3S. The highest BCUT2D eigenvalue weighted by Crippen LogP contribution is 2.11. The minimum Gasteiger partial charge on any atom is -0.356 e. The molecule has 0 bridgehead atoms. The Hall–Kier alpha value is -1.96. The zero-order chi connectivity index (χ0) is 16.8. The van der Waals surface area contributed by atoms with Gasteiger partial charge in [0.05, 0.1) is 11.4 Å². The van der Waals surface area contributed by atoms with Crippen molar-refractivity contribution in [3.63, 3.8) is 0 Å². The van der Waals surface area contributed by atoms with Crippen molar-refractivity contribution in [1.29, 1.82) is 0 Å². The summed E-state index contributed by atoms with van der Waals surface area (Å²) in [5, 5.41) is 8.41. The van der Waals surface area contributed by atoms with E-state index >= 15 is 0 Å². The average Bonchev–Trinajstić information content (AvgIpc) is 3.03. The van der Waals surface area contributed by atoms with Gasteiger partial charge in [-0.25, -0.2) is 9.78 Å². The van der Waals surface area contributed by atoms with E-state index in [1.54, 1.807) is 11.3 Å². The molecule has 126 valence electrons. The number of amides is 4. The first kappa shape index (κ1) is 17.4. The topological polar surface area (TPSA) is 91.4 Å². The van der Waals surface area contributed by atoms with E-state index in [0.717, 1.165) is 23.5 Å². The minimum atomic E-state index is -0.740. The Kier molecular flexibility index (Phi) is 6.09. The molecule has 1 aromatic rings. The number of hydrogen-bond donors (Lipinski definition) is 2. The van der Waals surface area contributed by atoms with Crippen molar-refractivity contribution in [3.8, 4) is 0 Å². The highest BCUT2D eigenvalue weighted by Gasteiger charge is 2.38. The number of thiazole rings is 1. The van der Waals surface area contributed by atoms with E-state index in [2.05, 4.69) is 15.6 Å². The Morgan fingerprint density at radius 3 is 2.91 bits per heavy atom. The second-order valence-corrected chi connectivity index (χ2v) is 6.47. The van der Waals surface area contributed by atoms with Crippen molar-refractivity contribution in [1.82, 2.24) is 20.5 Å².